The highest BCUT2D eigenvalue weighted by atomic mass is 16.6. The summed E-state index contributed by atoms with van der Waals surface area (Å²) in [5.41, 5.74) is 2.44. The molecule has 0 aromatic heterocycles. The third kappa shape index (κ3) is 4.86. The van der Waals surface area contributed by atoms with Crippen LogP contribution in [0.25, 0.3) is 11.1 Å². The molecule has 3 nitrogen and oxygen atoms in total. The monoisotopic (exact) mass is 298 g/mol. The minimum Gasteiger partial charge on any atom is -0.494 e. The Hall–Kier alpha value is -1.84. The van der Waals surface area contributed by atoms with Gasteiger partial charge in [-0.15, -0.1) is 0 Å². The van der Waals surface area contributed by atoms with Crippen molar-refractivity contribution in [3.05, 3.63) is 54.6 Å². The second-order valence-corrected chi connectivity index (χ2v) is 5.48. The van der Waals surface area contributed by atoms with Crippen molar-refractivity contribution in [2.75, 3.05) is 26.4 Å². The van der Waals surface area contributed by atoms with Crippen molar-refractivity contribution in [3.63, 3.8) is 0 Å². The van der Waals surface area contributed by atoms with Crippen molar-refractivity contribution in [1.82, 2.24) is 0 Å². The summed E-state index contributed by atoms with van der Waals surface area (Å²) in [6.07, 6.45) is 2.39. The van der Waals surface area contributed by atoms with Crippen LogP contribution in [0, 0.1) is 0 Å². The molecule has 1 fully saturated rings. The zero-order valence-electron chi connectivity index (χ0n) is 12.7. The van der Waals surface area contributed by atoms with Gasteiger partial charge in [-0.25, -0.2) is 0 Å². The molecule has 1 heterocycles. The summed E-state index contributed by atoms with van der Waals surface area (Å²) >= 11 is 0. The lowest BCUT2D eigenvalue weighted by Gasteiger charge is -2.07. The van der Waals surface area contributed by atoms with Crippen LogP contribution >= 0.6 is 0 Å². The van der Waals surface area contributed by atoms with Crippen molar-refractivity contribution in [1.29, 1.82) is 0 Å². The first-order valence-electron chi connectivity index (χ1n) is 7.89. The first kappa shape index (κ1) is 15.1. The zero-order valence-corrected chi connectivity index (χ0v) is 12.7. The van der Waals surface area contributed by atoms with E-state index >= 15 is 0 Å². The molecule has 0 radical (unpaired) electrons. The summed E-state index contributed by atoms with van der Waals surface area (Å²) in [4.78, 5) is 0. The summed E-state index contributed by atoms with van der Waals surface area (Å²) in [5, 5.41) is 0. The van der Waals surface area contributed by atoms with Gasteiger partial charge >= 0.3 is 0 Å². The second kappa shape index (κ2) is 7.97. The third-order valence-electron chi connectivity index (χ3n) is 3.62. The molecule has 0 saturated carbocycles. The molecule has 2 aromatic rings. The number of ether oxygens (including phenoxy) is 3. The minimum absolute atomic E-state index is 0.361. The van der Waals surface area contributed by atoms with Crippen molar-refractivity contribution < 1.29 is 14.2 Å². The Kier molecular flexibility index (Phi) is 5.46. The molecule has 0 spiro atoms. The third-order valence-corrected chi connectivity index (χ3v) is 3.62. The molecule has 22 heavy (non-hydrogen) atoms. The van der Waals surface area contributed by atoms with E-state index in [0.717, 1.165) is 45.0 Å². The zero-order chi connectivity index (χ0) is 15.0. The largest absolute Gasteiger partial charge is 0.494 e. The van der Waals surface area contributed by atoms with Crippen molar-refractivity contribution in [3.8, 4) is 16.9 Å². The first-order chi connectivity index (χ1) is 10.9. The van der Waals surface area contributed by atoms with Gasteiger partial charge in [0.15, 0.2) is 0 Å². The summed E-state index contributed by atoms with van der Waals surface area (Å²) < 4.78 is 16.3. The average Bonchev–Trinajstić information content (AvgIpc) is 3.40. The lowest BCUT2D eigenvalue weighted by Crippen LogP contribution is -2.04. The van der Waals surface area contributed by atoms with Crippen LogP contribution in [0.2, 0.25) is 0 Å². The lowest BCUT2D eigenvalue weighted by atomic mass is 10.1. The van der Waals surface area contributed by atoms with E-state index in [1.54, 1.807) is 0 Å². The SMILES string of the molecule is c1ccc(-c2ccc(OCCCCOCC3CO3)cc2)cc1. The van der Waals surface area contributed by atoms with E-state index in [-0.39, 0.29) is 0 Å². The number of epoxide rings is 1. The highest BCUT2D eigenvalue weighted by Gasteiger charge is 2.21. The summed E-state index contributed by atoms with van der Waals surface area (Å²) in [6, 6.07) is 18.6. The van der Waals surface area contributed by atoms with E-state index in [9.17, 15) is 0 Å². The van der Waals surface area contributed by atoms with Crippen LogP contribution in [0.4, 0.5) is 0 Å². The maximum Gasteiger partial charge on any atom is 0.119 e. The maximum absolute atomic E-state index is 5.76. The van der Waals surface area contributed by atoms with Crippen LogP contribution in [0.1, 0.15) is 12.8 Å². The fraction of sp³-hybridized carbons (Fsp3) is 0.368. The van der Waals surface area contributed by atoms with Gasteiger partial charge in [-0.1, -0.05) is 42.5 Å². The Morgan fingerprint density at radius 1 is 0.864 bits per heavy atom. The number of unbranched alkanes of at least 4 members (excludes halogenated alkanes) is 1. The predicted octanol–water partition coefficient (Wildman–Crippen LogP) is 3.93. The number of hydrogen-bond acceptors (Lipinski definition) is 3. The van der Waals surface area contributed by atoms with Gasteiger partial charge in [0.2, 0.25) is 0 Å². The molecule has 3 heteroatoms. The van der Waals surface area contributed by atoms with Crippen molar-refractivity contribution in [2.24, 2.45) is 0 Å². The van der Waals surface area contributed by atoms with E-state index in [1.165, 1.54) is 11.1 Å². The van der Waals surface area contributed by atoms with E-state index in [2.05, 4.69) is 36.4 Å². The van der Waals surface area contributed by atoms with Gasteiger partial charge in [0, 0.05) is 6.61 Å². The molecule has 1 atom stereocenters. The van der Waals surface area contributed by atoms with Crippen molar-refractivity contribution >= 4 is 0 Å². The van der Waals surface area contributed by atoms with Gasteiger partial charge in [0.25, 0.3) is 0 Å². The normalized spacial score (nSPS) is 16.5. The van der Waals surface area contributed by atoms with Crippen LogP contribution < -0.4 is 4.74 Å². The Morgan fingerprint density at radius 3 is 2.27 bits per heavy atom. The molecule has 0 amide bonds. The Morgan fingerprint density at radius 2 is 1.55 bits per heavy atom. The topological polar surface area (TPSA) is 31.0 Å². The Labute approximate surface area is 131 Å². The Bertz CT molecular complexity index is 547. The molecule has 0 bridgehead atoms. The fourth-order valence-electron chi connectivity index (χ4n) is 2.25. The van der Waals surface area contributed by atoms with E-state index in [1.807, 2.05) is 18.2 Å². The van der Waals surface area contributed by atoms with Crippen LogP contribution in [0.3, 0.4) is 0 Å². The molecule has 0 N–H and O–H groups in total. The number of rotatable bonds is 9. The van der Waals surface area contributed by atoms with Crippen molar-refractivity contribution in [2.45, 2.75) is 18.9 Å². The molecule has 1 aliphatic heterocycles. The number of hydrogen-bond donors (Lipinski definition) is 0. The highest BCUT2D eigenvalue weighted by Crippen LogP contribution is 2.22. The van der Waals surface area contributed by atoms with Gasteiger partial charge in [-0.05, 0) is 36.1 Å². The molecule has 3 rings (SSSR count). The molecule has 1 aliphatic rings. The second-order valence-electron chi connectivity index (χ2n) is 5.48. The molecule has 2 aromatic carbocycles. The van der Waals surface area contributed by atoms with Crippen LogP contribution in [0.15, 0.2) is 54.6 Å². The maximum atomic E-state index is 5.76. The van der Waals surface area contributed by atoms with Crippen LogP contribution in [-0.4, -0.2) is 32.5 Å². The van der Waals surface area contributed by atoms with E-state index < -0.39 is 0 Å². The van der Waals surface area contributed by atoms with Gasteiger partial charge in [-0.3, -0.25) is 0 Å². The van der Waals surface area contributed by atoms with Gasteiger partial charge in [-0.2, -0.15) is 0 Å². The fourth-order valence-corrected chi connectivity index (χ4v) is 2.25. The smallest absolute Gasteiger partial charge is 0.119 e. The van der Waals surface area contributed by atoms with Gasteiger partial charge in [0.1, 0.15) is 11.9 Å². The van der Waals surface area contributed by atoms with Crippen LogP contribution in [-0.2, 0) is 9.47 Å². The molecular weight excluding hydrogens is 276 g/mol. The van der Waals surface area contributed by atoms with Crippen LogP contribution in [0.5, 0.6) is 5.75 Å². The first-order valence-corrected chi connectivity index (χ1v) is 7.89. The standard InChI is InChI=1S/C19H22O3/c1-2-6-16(7-3-1)17-8-10-18(11-9-17)21-13-5-4-12-20-14-19-15-22-19/h1-3,6-11,19H,4-5,12-15H2. The Balaban J connectivity index is 1.34. The summed E-state index contributed by atoms with van der Waals surface area (Å²) in [6.45, 7) is 3.12. The summed E-state index contributed by atoms with van der Waals surface area (Å²) in [5.74, 6) is 0.923. The molecule has 1 saturated heterocycles. The minimum atomic E-state index is 0.361. The predicted molar refractivity (Wildman–Crippen MR) is 87.2 cm³/mol. The quantitative estimate of drug-likeness (QED) is 0.519. The molecule has 1 unspecified atom stereocenters. The molecule has 0 aliphatic carbocycles. The molecular formula is C19H22O3. The van der Waals surface area contributed by atoms with E-state index in [0.29, 0.717) is 6.10 Å². The summed E-state index contributed by atoms with van der Waals surface area (Å²) in [7, 11) is 0. The average molecular weight is 298 g/mol. The number of benzene rings is 2. The molecule has 116 valence electrons. The highest BCUT2D eigenvalue weighted by molar-refractivity contribution is 5.63. The van der Waals surface area contributed by atoms with Gasteiger partial charge < -0.3 is 14.2 Å². The van der Waals surface area contributed by atoms with E-state index in [4.69, 9.17) is 14.2 Å². The lowest BCUT2D eigenvalue weighted by molar-refractivity contribution is 0.110. The van der Waals surface area contributed by atoms with Gasteiger partial charge in [0.05, 0.1) is 19.8 Å².